The fourth-order valence-electron chi connectivity index (χ4n) is 6.35. The molecule has 2 unspecified atom stereocenters. The van der Waals surface area contributed by atoms with Gasteiger partial charge in [-0.15, -0.1) is 0 Å². The summed E-state index contributed by atoms with van der Waals surface area (Å²) in [6, 6.07) is 2.34. The summed E-state index contributed by atoms with van der Waals surface area (Å²) in [6.45, 7) is 4.09. The lowest BCUT2D eigenvalue weighted by Crippen LogP contribution is -2.84. The van der Waals surface area contributed by atoms with Crippen molar-refractivity contribution >= 4 is 15.7 Å². The number of hydrogen-bond donors (Lipinski definition) is 1. The van der Waals surface area contributed by atoms with E-state index in [-0.39, 0.29) is 29.8 Å². The van der Waals surface area contributed by atoms with Crippen molar-refractivity contribution in [1.82, 2.24) is 20.3 Å². The molecule has 5 heterocycles. The van der Waals surface area contributed by atoms with E-state index in [0.717, 1.165) is 64.3 Å². The summed E-state index contributed by atoms with van der Waals surface area (Å²) in [4.78, 5) is 16.5. The SMILES string of the molecule is O=C(NC1CC2CC3(S(=O)(=O)CCCN4CCOCC4)CC(C1)N23)c1cc(C2CC2)on1. The van der Waals surface area contributed by atoms with Crippen molar-refractivity contribution in [3.63, 3.8) is 0 Å². The molecule has 32 heavy (non-hydrogen) atoms. The molecule has 1 amide bonds. The lowest BCUT2D eigenvalue weighted by molar-refractivity contribution is -0.176. The van der Waals surface area contributed by atoms with Crippen LogP contribution in [0, 0.1) is 0 Å². The van der Waals surface area contributed by atoms with Crippen LogP contribution in [0.2, 0.25) is 0 Å². The Hall–Kier alpha value is -1.49. The molecule has 5 aliphatic rings. The second-order valence-electron chi connectivity index (χ2n) is 10.2. The fourth-order valence-corrected chi connectivity index (χ4v) is 8.76. The molecule has 2 atom stereocenters. The number of nitrogens with zero attached hydrogens (tertiary/aromatic N) is 3. The van der Waals surface area contributed by atoms with Gasteiger partial charge in [-0.25, -0.2) is 8.42 Å². The van der Waals surface area contributed by atoms with E-state index in [1.165, 1.54) is 0 Å². The molecule has 1 aromatic heterocycles. The minimum absolute atomic E-state index is 0.0668. The molecule has 0 aromatic carbocycles. The number of aromatic nitrogens is 1. The van der Waals surface area contributed by atoms with E-state index in [1.54, 1.807) is 6.07 Å². The lowest BCUT2D eigenvalue weighted by atomic mass is 9.67. The molecule has 0 spiro atoms. The minimum Gasteiger partial charge on any atom is -0.379 e. The molecule has 6 rings (SSSR count). The topological polar surface area (TPSA) is 105 Å². The van der Waals surface area contributed by atoms with Gasteiger partial charge in [0, 0.05) is 43.2 Å². The molecule has 0 bridgehead atoms. The highest BCUT2D eigenvalue weighted by atomic mass is 32.2. The zero-order valence-corrected chi connectivity index (χ0v) is 19.2. The predicted molar refractivity (Wildman–Crippen MR) is 116 cm³/mol. The van der Waals surface area contributed by atoms with Crippen molar-refractivity contribution in [2.45, 2.75) is 73.9 Å². The van der Waals surface area contributed by atoms with Crippen LogP contribution in [-0.4, -0.2) is 90.9 Å². The Morgan fingerprint density at radius 2 is 1.91 bits per heavy atom. The maximum absolute atomic E-state index is 13.2. The smallest absolute Gasteiger partial charge is 0.273 e. The zero-order valence-electron chi connectivity index (χ0n) is 18.4. The van der Waals surface area contributed by atoms with Crippen LogP contribution in [0.4, 0.5) is 0 Å². The van der Waals surface area contributed by atoms with Gasteiger partial charge in [0.05, 0.1) is 19.0 Å². The Morgan fingerprint density at radius 1 is 1.19 bits per heavy atom. The summed E-state index contributed by atoms with van der Waals surface area (Å²) in [6.07, 6.45) is 5.91. The lowest BCUT2D eigenvalue weighted by Gasteiger charge is -2.72. The van der Waals surface area contributed by atoms with Gasteiger partial charge in [-0.3, -0.25) is 14.6 Å². The van der Waals surface area contributed by atoms with E-state index in [0.29, 0.717) is 30.9 Å². The minimum atomic E-state index is -3.15. The Bertz CT molecular complexity index is 968. The Morgan fingerprint density at radius 3 is 2.59 bits per heavy atom. The molecule has 1 aliphatic carbocycles. The van der Waals surface area contributed by atoms with Crippen molar-refractivity contribution in [2.24, 2.45) is 0 Å². The van der Waals surface area contributed by atoms with Crippen molar-refractivity contribution in [2.75, 3.05) is 38.6 Å². The van der Waals surface area contributed by atoms with Crippen LogP contribution in [0.15, 0.2) is 10.6 Å². The molecule has 4 saturated heterocycles. The monoisotopic (exact) mass is 464 g/mol. The van der Waals surface area contributed by atoms with Crippen molar-refractivity contribution in [3.8, 4) is 0 Å². The van der Waals surface area contributed by atoms with Gasteiger partial charge in [0.2, 0.25) is 0 Å². The number of morpholine rings is 1. The third kappa shape index (κ3) is 3.50. The number of piperidine rings is 2. The van der Waals surface area contributed by atoms with Crippen LogP contribution >= 0.6 is 0 Å². The normalized spacial score (nSPS) is 34.9. The van der Waals surface area contributed by atoms with Crippen LogP contribution in [0.25, 0.3) is 0 Å². The summed E-state index contributed by atoms with van der Waals surface area (Å²) in [5.74, 6) is 1.32. The van der Waals surface area contributed by atoms with Gasteiger partial charge in [-0.2, -0.15) is 0 Å². The fraction of sp³-hybridized carbons (Fsp3) is 0.818. The summed E-state index contributed by atoms with van der Waals surface area (Å²) in [5, 5.41) is 7.05. The van der Waals surface area contributed by atoms with Gasteiger partial charge >= 0.3 is 0 Å². The van der Waals surface area contributed by atoms with E-state index in [1.807, 2.05) is 0 Å². The molecule has 1 aromatic rings. The quantitative estimate of drug-likeness (QED) is 0.610. The summed E-state index contributed by atoms with van der Waals surface area (Å²) < 4.78 is 37.1. The number of hydrogen-bond acceptors (Lipinski definition) is 8. The zero-order chi connectivity index (χ0) is 21.9. The molecular weight excluding hydrogens is 432 g/mol. The third-order valence-electron chi connectivity index (χ3n) is 8.13. The van der Waals surface area contributed by atoms with Crippen LogP contribution in [0.1, 0.15) is 67.1 Å². The Labute approximate surface area is 188 Å². The molecule has 4 aliphatic heterocycles. The molecule has 1 N–H and O–H groups in total. The molecule has 176 valence electrons. The maximum atomic E-state index is 13.2. The number of ether oxygens (including phenoxy) is 1. The molecule has 9 nitrogen and oxygen atoms in total. The van der Waals surface area contributed by atoms with Gasteiger partial charge in [-0.05, 0) is 51.5 Å². The predicted octanol–water partition coefficient (Wildman–Crippen LogP) is 1.12. The second kappa shape index (κ2) is 7.78. The molecule has 5 fully saturated rings. The van der Waals surface area contributed by atoms with E-state index < -0.39 is 14.7 Å². The first-order chi connectivity index (χ1) is 15.5. The Balaban J connectivity index is 1.01. The largest absolute Gasteiger partial charge is 0.379 e. The highest BCUT2D eigenvalue weighted by Gasteiger charge is 2.71. The van der Waals surface area contributed by atoms with Crippen LogP contribution in [-0.2, 0) is 14.6 Å². The van der Waals surface area contributed by atoms with Crippen LogP contribution in [0.5, 0.6) is 0 Å². The number of rotatable bonds is 8. The van der Waals surface area contributed by atoms with Crippen molar-refractivity contribution in [1.29, 1.82) is 0 Å². The van der Waals surface area contributed by atoms with Crippen LogP contribution in [0.3, 0.4) is 0 Å². The van der Waals surface area contributed by atoms with Gasteiger partial charge < -0.3 is 14.6 Å². The number of amides is 1. The van der Waals surface area contributed by atoms with Crippen molar-refractivity contribution < 1.29 is 22.5 Å². The second-order valence-corrected chi connectivity index (χ2v) is 12.6. The standard InChI is InChI=1S/C22H32N4O5S/c27-21(19-12-20(31-24-19)15-2-3-15)23-16-10-17-13-22(14-18(11-16)26(17)22)32(28,29)9-1-4-25-5-7-30-8-6-25/h12,15-18H,1-11,13-14H2,(H,23,27). The number of nitrogens with one attached hydrogen (secondary N) is 1. The third-order valence-corrected chi connectivity index (χ3v) is 10.7. The number of carbonyl (C=O) groups excluding carboxylic acids is 1. The van der Waals surface area contributed by atoms with Gasteiger partial charge in [-0.1, -0.05) is 5.16 Å². The van der Waals surface area contributed by atoms with Gasteiger partial charge in [0.15, 0.2) is 15.5 Å². The summed E-state index contributed by atoms with van der Waals surface area (Å²) in [7, 11) is -3.15. The molecule has 10 heteroatoms. The number of sulfone groups is 1. The summed E-state index contributed by atoms with van der Waals surface area (Å²) >= 11 is 0. The maximum Gasteiger partial charge on any atom is 0.273 e. The van der Waals surface area contributed by atoms with E-state index in [2.05, 4.69) is 20.3 Å². The highest BCUT2D eigenvalue weighted by Crippen LogP contribution is 2.59. The molecule has 0 radical (unpaired) electrons. The first-order valence-electron chi connectivity index (χ1n) is 12.0. The van der Waals surface area contributed by atoms with E-state index >= 15 is 0 Å². The number of carbonyl (C=O) groups is 1. The first-order valence-corrected chi connectivity index (χ1v) is 13.7. The Kier molecular flexibility index (Phi) is 5.13. The van der Waals surface area contributed by atoms with E-state index in [9.17, 15) is 13.2 Å². The van der Waals surface area contributed by atoms with Crippen molar-refractivity contribution in [3.05, 3.63) is 17.5 Å². The summed E-state index contributed by atoms with van der Waals surface area (Å²) in [5.41, 5.74) is 0.355. The first kappa shape index (κ1) is 21.1. The average molecular weight is 465 g/mol. The molecule has 1 saturated carbocycles. The highest BCUT2D eigenvalue weighted by molar-refractivity contribution is 7.92. The molecular formula is C22H32N4O5S. The van der Waals surface area contributed by atoms with Crippen LogP contribution < -0.4 is 5.32 Å². The van der Waals surface area contributed by atoms with Gasteiger partial charge in [0.1, 0.15) is 10.6 Å². The average Bonchev–Trinajstić information content (AvgIpc) is 3.46. The van der Waals surface area contributed by atoms with E-state index in [4.69, 9.17) is 9.26 Å². The van der Waals surface area contributed by atoms with Gasteiger partial charge in [0.25, 0.3) is 5.91 Å².